The molecule has 0 spiro atoms. The van der Waals surface area contributed by atoms with Crippen molar-refractivity contribution < 1.29 is 9.32 Å². The molecule has 2 heterocycles. The summed E-state index contributed by atoms with van der Waals surface area (Å²) in [5.74, 6) is 1.25. The van der Waals surface area contributed by atoms with E-state index in [2.05, 4.69) is 25.8 Å². The van der Waals surface area contributed by atoms with E-state index in [1.165, 1.54) is 6.92 Å². The number of aryl methyl sites for hydroxylation is 2. The fraction of sp³-hybridized carbons (Fsp3) is 0.176. The van der Waals surface area contributed by atoms with Gasteiger partial charge in [-0.2, -0.15) is 4.98 Å². The smallest absolute Gasteiger partial charge is 0.222 e. The number of rotatable bonds is 4. The molecule has 8 heteroatoms. The van der Waals surface area contributed by atoms with Crippen molar-refractivity contribution in [1.29, 1.82) is 0 Å². The number of nitrogens with zero attached hydrogens (tertiary/aromatic N) is 3. The van der Waals surface area contributed by atoms with Crippen LogP contribution in [0.1, 0.15) is 18.4 Å². The molecule has 8 nitrogen and oxygen atoms in total. The van der Waals surface area contributed by atoms with Crippen LogP contribution in [0.25, 0.3) is 11.3 Å². The first-order valence-electron chi connectivity index (χ1n) is 7.65. The van der Waals surface area contributed by atoms with Gasteiger partial charge in [0.15, 0.2) is 0 Å². The maximum absolute atomic E-state index is 11.1. The molecule has 1 amide bonds. The summed E-state index contributed by atoms with van der Waals surface area (Å²) in [7, 11) is 0. The van der Waals surface area contributed by atoms with Crippen LogP contribution >= 0.6 is 0 Å². The van der Waals surface area contributed by atoms with E-state index in [9.17, 15) is 4.79 Å². The summed E-state index contributed by atoms with van der Waals surface area (Å²) < 4.78 is 5.19. The van der Waals surface area contributed by atoms with Gasteiger partial charge in [-0.05, 0) is 38.1 Å². The van der Waals surface area contributed by atoms with E-state index >= 15 is 0 Å². The standard InChI is InChI=1S/C17H18N6O2/c1-9-16(10(2)25-23-9)14-8-15(22-17(18)21-14)20-13-6-4-12(5-7-13)19-11(3)24/h4-8H,1-3H3,(H,19,24)(H3,18,20,21,22). The minimum absolute atomic E-state index is 0.117. The number of hydrogen-bond donors (Lipinski definition) is 3. The molecule has 2 aromatic heterocycles. The predicted octanol–water partition coefficient (Wildman–Crippen LogP) is 3.03. The highest BCUT2D eigenvalue weighted by atomic mass is 16.5. The van der Waals surface area contributed by atoms with Crippen LogP contribution in [0.3, 0.4) is 0 Å². The van der Waals surface area contributed by atoms with Gasteiger partial charge >= 0.3 is 0 Å². The topological polar surface area (TPSA) is 119 Å². The zero-order valence-electron chi connectivity index (χ0n) is 14.1. The van der Waals surface area contributed by atoms with Gasteiger partial charge in [-0.1, -0.05) is 5.16 Å². The Morgan fingerprint density at radius 3 is 2.40 bits per heavy atom. The molecule has 0 radical (unpaired) electrons. The molecule has 0 bridgehead atoms. The molecule has 0 aliphatic carbocycles. The van der Waals surface area contributed by atoms with E-state index < -0.39 is 0 Å². The molecular weight excluding hydrogens is 320 g/mol. The molecule has 0 fully saturated rings. The van der Waals surface area contributed by atoms with Crippen LogP contribution in [0.5, 0.6) is 0 Å². The number of amides is 1. The quantitative estimate of drug-likeness (QED) is 0.669. The second-order valence-electron chi connectivity index (χ2n) is 5.58. The Morgan fingerprint density at radius 1 is 1.12 bits per heavy atom. The number of aromatic nitrogens is 3. The van der Waals surface area contributed by atoms with E-state index in [1.807, 2.05) is 26.0 Å². The SMILES string of the molecule is CC(=O)Nc1ccc(Nc2cc(-c3c(C)noc3C)nc(N)n2)cc1. The van der Waals surface area contributed by atoms with Crippen molar-refractivity contribution in [3.05, 3.63) is 41.8 Å². The summed E-state index contributed by atoms with van der Waals surface area (Å²) in [5.41, 5.74) is 9.54. The van der Waals surface area contributed by atoms with Gasteiger partial charge in [-0.3, -0.25) is 4.79 Å². The van der Waals surface area contributed by atoms with E-state index in [1.54, 1.807) is 18.2 Å². The lowest BCUT2D eigenvalue weighted by atomic mass is 10.1. The second kappa shape index (κ2) is 6.60. The third-order valence-electron chi connectivity index (χ3n) is 3.51. The highest BCUT2D eigenvalue weighted by Gasteiger charge is 2.15. The van der Waals surface area contributed by atoms with Crippen molar-refractivity contribution in [2.24, 2.45) is 0 Å². The molecule has 3 aromatic rings. The molecule has 0 atom stereocenters. The number of anilines is 4. The van der Waals surface area contributed by atoms with Crippen molar-refractivity contribution in [3.63, 3.8) is 0 Å². The fourth-order valence-electron chi connectivity index (χ4n) is 2.49. The third-order valence-corrected chi connectivity index (χ3v) is 3.51. The predicted molar refractivity (Wildman–Crippen MR) is 95.4 cm³/mol. The van der Waals surface area contributed by atoms with Crippen molar-refractivity contribution >= 4 is 29.0 Å². The van der Waals surface area contributed by atoms with Crippen LogP contribution in [0.2, 0.25) is 0 Å². The molecule has 128 valence electrons. The molecular formula is C17H18N6O2. The Hall–Kier alpha value is -3.42. The Bertz CT molecular complexity index is 898. The van der Waals surface area contributed by atoms with Crippen LogP contribution in [0, 0.1) is 13.8 Å². The number of carbonyl (C=O) groups excluding carboxylic acids is 1. The van der Waals surface area contributed by atoms with Crippen molar-refractivity contribution in [1.82, 2.24) is 15.1 Å². The average Bonchev–Trinajstić information content (AvgIpc) is 2.87. The first-order valence-corrected chi connectivity index (χ1v) is 7.65. The van der Waals surface area contributed by atoms with Gasteiger partial charge in [0.05, 0.1) is 17.0 Å². The molecule has 0 aliphatic heterocycles. The number of nitrogens with two attached hydrogens (primary N) is 1. The minimum Gasteiger partial charge on any atom is -0.368 e. The summed E-state index contributed by atoms with van der Waals surface area (Å²) >= 11 is 0. The summed E-state index contributed by atoms with van der Waals surface area (Å²) in [6.45, 7) is 5.13. The highest BCUT2D eigenvalue weighted by molar-refractivity contribution is 5.88. The zero-order chi connectivity index (χ0) is 18.0. The lowest BCUT2D eigenvalue weighted by Crippen LogP contribution is -2.05. The summed E-state index contributed by atoms with van der Waals surface area (Å²) in [4.78, 5) is 19.5. The number of nitrogens with one attached hydrogen (secondary N) is 2. The van der Waals surface area contributed by atoms with Gasteiger partial charge in [-0.15, -0.1) is 0 Å². The lowest BCUT2D eigenvalue weighted by molar-refractivity contribution is -0.114. The molecule has 4 N–H and O–H groups in total. The van der Waals surface area contributed by atoms with Crippen molar-refractivity contribution in [2.75, 3.05) is 16.4 Å². The maximum atomic E-state index is 11.1. The first kappa shape index (κ1) is 16.4. The summed E-state index contributed by atoms with van der Waals surface area (Å²) in [5, 5.41) is 9.83. The van der Waals surface area contributed by atoms with Crippen molar-refractivity contribution in [3.8, 4) is 11.3 Å². The van der Waals surface area contributed by atoms with E-state index in [0.29, 0.717) is 17.3 Å². The van der Waals surface area contributed by atoms with Crippen LogP contribution < -0.4 is 16.4 Å². The minimum atomic E-state index is -0.117. The van der Waals surface area contributed by atoms with E-state index in [0.717, 1.165) is 22.6 Å². The monoisotopic (exact) mass is 338 g/mol. The van der Waals surface area contributed by atoms with Crippen LogP contribution in [-0.4, -0.2) is 21.0 Å². The number of carbonyl (C=O) groups is 1. The molecule has 1 aromatic carbocycles. The van der Waals surface area contributed by atoms with Crippen LogP contribution in [-0.2, 0) is 4.79 Å². The zero-order valence-corrected chi connectivity index (χ0v) is 14.1. The Labute approximate surface area is 144 Å². The molecule has 3 rings (SSSR count). The second-order valence-corrected chi connectivity index (χ2v) is 5.58. The van der Waals surface area contributed by atoms with Crippen molar-refractivity contribution in [2.45, 2.75) is 20.8 Å². The van der Waals surface area contributed by atoms with Crippen LogP contribution in [0.4, 0.5) is 23.1 Å². The fourth-order valence-corrected chi connectivity index (χ4v) is 2.49. The molecule has 0 saturated heterocycles. The van der Waals surface area contributed by atoms with Gasteiger partial charge < -0.3 is 20.9 Å². The Kier molecular flexibility index (Phi) is 4.34. The number of hydrogen-bond acceptors (Lipinski definition) is 7. The first-order chi connectivity index (χ1) is 11.9. The number of nitrogen functional groups attached to an aromatic ring is 1. The van der Waals surface area contributed by atoms with Gasteiger partial charge in [0.2, 0.25) is 11.9 Å². The third kappa shape index (κ3) is 3.74. The molecule has 0 aliphatic rings. The lowest BCUT2D eigenvalue weighted by Gasteiger charge is -2.09. The van der Waals surface area contributed by atoms with Gasteiger partial charge in [-0.25, -0.2) is 4.98 Å². The molecule has 25 heavy (non-hydrogen) atoms. The van der Waals surface area contributed by atoms with Crippen LogP contribution in [0.15, 0.2) is 34.9 Å². The summed E-state index contributed by atoms with van der Waals surface area (Å²) in [6, 6.07) is 9.04. The number of benzene rings is 1. The maximum Gasteiger partial charge on any atom is 0.222 e. The van der Waals surface area contributed by atoms with Gasteiger partial charge in [0.1, 0.15) is 11.6 Å². The van der Waals surface area contributed by atoms with E-state index in [4.69, 9.17) is 10.3 Å². The van der Waals surface area contributed by atoms with Gasteiger partial charge in [0, 0.05) is 24.4 Å². The molecule has 0 unspecified atom stereocenters. The summed E-state index contributed by atoms with van der Waals surface area (Å²) in [6.07, 6.45) is 0. The average molecular weight is 338 g/mol. The highest BCUT2D eigenvalue weighted by Crippen LogP contribution is 2.28. The molecule has 0 saturated carbocycles. The van der Waals surface area contributed by atoms with Gasteiger partial charge in [0.25, 0.3) is 0 Å². The Morgan fingerprint density at radius 2 is 1.80 bits per heavy atom. The Balaban J connectivity index is 1.87. The largest absolute Gasteiger partial charge is 0.368 e. The van der Waals surface area contributed by atoms with E-state index in [-0.39, 0.29) is 11.9 Å². The normalized spacial score (nSPS) is 10.5.